The number of para-hydroxylation sites is 1. The summed E-state index contributed by atoms with van der Waals surface area (Å²) in [7, 11) is -5.18. The fourth-order valence-electron chi connectivity index (χ4n) is 3.02. The average Bonchev–Trinajstić information content (AvgIpc) is 3.01. The summed E-state index contributed by atoms with van der Waals surface area (Å²) in [5, 5.41) is 53.0. The molecule has 3 rings (SSSR count). The largest absolute Gasteiger partial charge is 1.00 e. The Morgan fingerprint density at radius 2 is 1.90 bits per heavy atom. The normalized spacial score (nSPS) is 27.1. The van der Waals surface area contributed by atoms with Crippen LogP contribution in [-0.4, -0.2) is 84.8 Å². The average molecular weight is 503 g/mol. The third kappa shape index (κ3) is 6.63. The molecular weight excluding hydrogens is 483 g/mol. The van der Waals surface area contributed by atoms with Gasteiger partial charge in [0.15, 0.2) is 0 Å². The van der Waals surface area contributed by atoms with E-state index in [-0.39, 0.29) is 62.8 Å². The zero-order valence-electron chi connectivity index (χ0n) is 16.2. The van der Waals surface area contributed by atoms with E-state index in [4.69, 9.17) is 4.74 Å². The van der Waals surface area contributed by atoms with Crippen molar-refractivity contribution in [3.05, 3.63) is 36.0 Å². The maximum Gasteiger partial charge on any atom is 1.00 e. The van der Waals surface area contributed by atoms with Gasteiger partial charge in [0.2, 0.25) is 0 Å². The van der Waals surface area contributed by atoms with Crippen molar-refractivity contribution in [2.24, 2.45) is 5.16 Å². The number of hydrogen-bond acceptors (Lipinski definition) is 12. The van der Waals surface area contributed by atoms with Crippen LogP contribution in [0.5, 0.6) is 0 Å². The maximum absolute atomic E-state index is 10.8. The zero-order valence-corrected chi connectivity index (χ0v) is 20.9. The molecule has 31 heavy (non-hydrogen) atoms. The first kappa shape index (κ1) is 27.0. The number of thioether (sulfide) groups is 1. The summed E-state index contributed by atoms with van der Waals surface area (Å²) in [6.45, 7) is -0.655. The van der Waals surface area contributed by atoms with E-state index in [1.165, 1.54) is 6.20 Å². The van der Waals surface area contributed by atoms with Crippen LogP contribution in [0.25, 0.3) is 10.9 Å². The number of fused-ring (bicyclic) bond motifs is 1. The minimum absolute atomic E-state index is 0. The van der Waals surface area contributed by atoms with Crippen molar-refractivity contribution in [1.29, 1.82) is 0 Å². The van der Waals surface area contributed by atoms with E-state index in [1.54, 1.807) is 24.3 Å². The molecule has 15 heteroatoms. The smallest absolute Gasteiger partial charge is 0.714 e. The molecule has 1 aromatic heterocycles. The van der Waals surface area contributed by atoms with Crippen molar-refractivity contribution in [1.82, 2.24) is 4.73 Å². The van der Waals surface area contributed by atoms with Crippen molar-refractivity contribution >= 4 is 38.1 Å². The molecule has 0 aliphatic carbocycles. The fraction of sp³-hybridized carbons (Fsp3) is 0.438. The van der Waals surface area contributed by atoms with Crippen LogP contribution < -0.4 is 51.4 Å². The Morgan fingerprint density at radius 1 is 1.23 bits per heavy atom. The summed E-state index contributed by atoms with van der Waals surface area (Å²) in [4.78, 5) is 0. The van der Waals surface area contributed by atoms with Gasteiger partial charge < -0.3 is 34.9 Å². The van der Waals surface area contributed by atoms with Gasteiger partial charge in [-0.1, -0.05) is 35.1 Å². The van der Waals surface area contributed by atoms with Crippen LogP contribution in [0.3, 0.4) is 0 Å². The van der Waals surface area contributed by atoms with E-state index in [0.29, 0.717) is 28.2 Å². The van der Waals surface area contributed by atoms with Gasteiger partial charge in [0.25, 0.3) is 10.4 Å². The van der Waals surface area contributed by atoms with Gasteiger partial charge in [0.05, 0.1) is 12.1 Å². The van der Waals surface area contributed by atoms with Crippen LogP contribution in [0, 0.1) is 0 Å². The van der Waals surface area contributed by atoms with Crippen molar-refractivity contribution < 1.29 is 99.0 Å². The van der Waals surface area contributed by atoms with Gasteiger partial charge in [-0.25, -0.2) is 0 Å². The molecule has 1 saturated heterocycles. The summed E-state index contributed by atoms with van der Waals surface area (Å²) in [6, 6.07) is 6.74. The Morgan fingerprint density at radius 3 is 2.55 bits per heavy atom. The summed E-state index contributed by atoms with van der Waals surface area (Å²) < 4.78 is 42.7. The summed E-state index contributed by atoms with van der Waals surface area (Å²) in [5.74, 6) is 0. The first-order valence-electron chi connectivity index (χ1n) is 8.57. The number of rotatable bonds is 6. The third-order valence-electron chi connectivity index (χ3n) is 4.45. The van der Waals surface area contributed by atoms with Crippen molar-refractivity contribution in [2.45, 2.75) is 36.3 Å². The Balaban J connectivity index is 0.00000341. The molecule has 5 atom stereocenters. The molecule has 2 aromatic rings. The number of benzene rings is 1. The Kier molecular flexibility index (Phi) is 9.78. The summed E-state index contributed by atoms with van der Waals surface area (Å²) in [5.41, 5.74) is -0.336. The van der Waals surface area contributed by atoms with Gasteiger partial charge in [-0.3, -0.25) is 4.28 Å². The topological polar surface area (TPSA) is 194 Å². The van der Waals surface area contributed by atoms with E-state index < -0.39 is 46.9 Å². The van der Waals surface area contributed by atoms with Gasteiger partial charge in [0, 0.05) is 18.0 Å². The van der Waals surface area contributed by atoms with Crippen LogP contribution in [0.1, 0.15) is 5.56 Å². The molecule has 0 amide bonds. The van der Waals surface area contributed by atoms with Gasteiger partial charge in [-0.2, -0.15) is 13.1 Å². The number of ether oxygens (including phenoxy) is 1. The van der Waals surface area contributed by atoms with Crippen LogP contribution in [-0.2, 0) is 25.8 Å². The van der Waals surface area contributed by atoms with Gasteiger partial charge in [-0.05, 0) is 11.6 Å². The van der Waals surface area contributed by atoms with Crippen molar-refractivity contribution in [2.75, 3.05) is 6.61 Å². The number of aliphatic hydroxyl groups is 4. The minimum Gasteiger partial charge on any atom is -0.714 e. The maximum atomic E-state index is 10.8. The second-order valence-corrected chi connectivity index (χ2v) is 8.61. The molecule has 12 nitrogen and oxygen atoms in total. The van der Waals surface area contributed by atoms with E-state index in [0.717, 1.165) is 4.73 Å². The molecule has 0 unspecified atom stereocenters. The number of oxime groups is 1. The number of aliphatic hydroxyl groups excluding tert-OH is 4. The Labute approximate surface area is 223 Å². The van der Waals surface area contributed by atoms with E-state index in [2.05, 4.69) is 9.44 Å². The van der Waals surface area contributed by atoms with Crippen molar-refractivity contribution in [3.63, 3.8) is 0 Å². The standard InChI is InChI=1S/C16H20N2O10S2.K/c19-7-11-13(20)14(21)15(22)16(27-11)29-12(17-28-30(24,25)26)5-8-6-18(23)10-4-2-1-3-9(8)10;/h1-4,6,11,13-16,19-23H,5,7H2,(H,24,25,26);/q;+1/p-1/b17-12-;/t11-,13-,14+,15-,16+;/m1./s1. The molecule has 166 valence electrons. The van der Waals surface area contributed by atoms with Crippen LogP contribution in [0.15, 0.2) is 35.6 Å². The molecule has 0 bridgehead atoms. The second-order valence-electron chi connectivity index (χ2n) is 6.48. The van der Waals surface area contributed by atoms with Gasteiger partial charge in [-0.15, -0.1) is 0 Å². The van der Waals surface area contributed by atoms with E-state index >= 15 is 0 Å². The molecule has 0 radical (unpaired) electrons. The van der Waals surface area contributed by atoms with Crippen molar-refractivity contribution in [3.8, 4) is 0 Å². The number of nitrogens with zero attached hydrogens (tertiary/aromatic N) is 2. The molecule has 0 spiro atoms. The molecule has 1 aliphatic rings. The predicted octanol–water partition coefficient (Wildman–Crippen LogP) is -4.25. The molecule has 5 N–H and O–H groups in total. The summed E-state index contributed by atoms with van der Waals surface area (Å²) in [6.07, 6.45) is -4.83. The quantitative estimate of drug-likeness (QED) is 0.0488. The number of aromatic nitrogens is 1. The predicted molar refractivity (Wildman–Crippen MR) is 102 cm³/mol. The van der Waals surface area contributed by atoms with Crippen LogP contribution in [0.2, 0.25) is 0 Å². The molecule has 1 fully saturated rings. The van der Waals surface area contributed by atoms with E-state index in [9.17, 15) is 38.6 Å². The first-order valence-corrected chi connectivity index (χ1v) is 10.8. The second kappa shape index (κ2) is 11.2. The first-order chi connectivity index (χ1) is 14.1. The Hall–Kier alpha value is -0.274. The monoisotopic (exact) mass is 502 g/mol. The third-order valence-corrected chi connectivity index (χ3v) is 5.82. The zero-order chi connectivity index (χ0) is 22.1. The van der Waals surface area contributed by atoms with Crippen LogP contribution >= 0.6 is 11.8 Å². The molecule has 1 aliphatic heterocycles. The van der Waals surface area contributed by atoms with E-state index in [1.807, 2.05) is 0 Å². The van der Waals surface area contributed by atoms with Crippen LogP contribution in [0.4, 0.5) is 0 Å². The molecular formula is C16H19KN2O10S2. The molecule has 2 heterocycles. The van der Waals surface area contributed by atoms with Gasteiger partial charge in [0.1, 0.15) is 34.9 Å². The summed E-state index contributed by atoms with van der Waals surface area (Å²) >= 11 is 0.628. The molecule has 1 aromatic carbocycles. The number of hydrogen-bond donors (Lipinski definition) is 5. The minimum atomic E-state index is -5.18. The molecule has 0 saturated carbocycles. The Bertz CT molecular complexity index is 1030. The fourth-order valence-corrected chi connectivity index (χ4v) is 4.33. The SMILES string of the molecule is O=S(=O)([O-])O/N=C(/Cc1cn(O)c2ccccc12)S[C@@H]1O[C@H](CO)[C@@H](O)[C@H](O)[C@H]1O.[K+]. The van der Waals surface area contributed by atoms with Gasteiger partial charge >= 0.3 is 51.4 Å².